The number of carbonyl (C=O) groups excluding carboxylic acids is 1. The zero-order valence-corrected chi connectivity index (χ0v) is 10.9. The summed E-state index contributed by atoms with van der Waals surface area (Å²) in [5, 5.41) is 19.2. The first-order valence-corrected chi connectivity index (χ1v) is 5.80. The summed E-state index contributed by atoms with van der Waals surface area (Å²) in [5.74, 6) is -0.266. The predicted octanol–water partition coefficient (Wildman–Crippen LogP) is 1.87. The van der Waals surface area contributed by atoms with Gasteiger partial charge in [0.1, 0.15) is 0 Å². The van der Waals surface area contributed by atoms with E-state index in [1.54, 1.807) is 18.9 Å². The number of rotatable bonds is 6. The number of hydrogen-bond donors (Lipinski definition) is 0. The van der Waals surface area contributed by atoms with Crippen molar-refractivity contribution in [2.45, 2.75) is 6.92 Å². The van der Waals surface area contributed by atoms with Crippen LogP contribution in [0.25, 0.3) is 0 Å². The number of Topliss-reactive ketones (excluding diaryl/α,β-unsaturated/α-hetero) is 1. The Hall–Kier alpha value is -2.26. The van der Waals surface area contributed by atoms with E-state index in [1.165, 1.54) is 24.3 Å². The van der Waals surface area contributed by atoms with E-state index in [9.17, 15) is 14.9 Å². The third-order valence-electron chi connectivity index (χ3n) is 2.62. The van der Waals surface area contributed by atoms with Gasteiger partial charge >= 0.3 is 0 Å². The molecule has 1 rings (SSSR count). The lowest BCUT2D eigenvalue weighted by Crippen LogP contribution is -2.29. The molecule has 0 aliphatic heterocycles. The first-order valence-electron chi connectivity index (χ1n) is 5.80. The van der Waals surface area contributed by atoms with Crippen LogP contribution in [-0.2, 0) is 0 Å². The fraction of sp³-hybridized carbons (Fsp3) is 0.385. The molecule has 1 unspecified atom stereocenters. The minimum absolute atomic E-state index is 0.0389. The second-order valence-corrected chi connectivity index (χ2v) is 4.45. The Labute approximate surface area is 111 Å². The molecule has 0 heterocycles. The van der Waals surface area contributed by atoms with Crippen LogP contribution in [0.15, 0.2) is 24.3 Å². The largest absolute Gasteiger partial charge is 0.298 e. The van der Waals surface area contributed by atoms with E-state index in [0.29, 0.717) is 12.1 Å². The van der Waals surface area contributed by atoms with Crippen molar-refractivity contribution in [2.75, 3.05) is 20.1 Å². The van der Waals surface area contributed by atoms with Crippen molar-refractivity contribution < 1.29 is 9.72 Å². The van der Waals surface area contributed by atoms with Crippen molar-refractivity contribution in [1.29, 1.82) is 5.26 Å². The molecular formula is C13H15N3O3. The minimum Gasteiger partial charge on any atom is -0.298 e. The summed E-state index contributed by atoms with van der Waals surface area (Å²) in [6.07, 6.45) is 0. The van der Waals surface area contributed by atoms with Gasteiger partial charge in [-0.3, -0.25) is 19.8 Å². The zero-order valence-electron chi connectivity index (χ0n) is 10.9. The molecule has 0 aliphatic rings. The first-order chi connectivity index (χ1) is 8.93. The number of benzene rings is 1. The van der Waals surface area contributed by atoms with Gasteiger partial charge in [-0.15, -0.1) is 0 Å². The third kappa shape index (κ3) is 4.48. The summed E-state index contributed by atoms with van der Waals surface area (Å²) >= 11 is 0. The van der Waals surface area contributed by atoms with E-state index in [2.05, 4.69) is 6.07 Å². The Morgan fingerprint density at radius 1 is 1.47 bits per heavy atom. The third-order valence-corrected chi connectivity index (χ3v) is 2.62. The molecule has 0 fully saturated rings. The number of ketones is 1. The van der Waals surface area contributed by atoms with Gasteiger partial charge in [-0.2, -0.15) is 5.26 Å². The van der Waals surface area contributed by atoms with E-state index in [0.717, 1.165) is 0 Å². The van der Waals surface area contributed by atoms with Crippen LogP contribution in [0, 0.1) is 27.4 Å². The molecule has 0 N–H and O–H groups in total. The van der Waals surface area contributed by atoms with Crippen LogP contribution < -0.4 is 0 Å². The van der Waals surface area contributed by atoms with E-state index < -0.39 is 4.92 Å². The van der Waals surface area contributed by atoms with Crippen LogP contribution in [-0.4, -0.2) is 35.7 Å². The molecule has 0 aromatic heterocycles. The van der Waals surface area contributed by atoms with Crippen LogP contribution in [0.3, 0.4) is 0 Å². The van der Waals surface area contributed by atoms with Gasteiger partial charge in [0.15, 0.2) is 5.78 Å². The maximum Gasteiger partial charge on any atom is 0.269 e. The van der Waals surface area contributed by atoms with Crippen molar-refractivity contribution >= 4 is 11.5 Å². The Morgan fingerprint density at radius 3 is 2.53 bits per heavy atom. The summed E-state index contributed by atoms with van der Waals surface area (Å²) < 4.78 is 0. The highest BCUT2D eigenvalue weighted by Crippen LogP contribution is 2.12. The highest BCUT2D eigenvalue weighted by atomic mass is 16.6. The number of carbonyl (C=O) groups is 1. The smallest absolute Gasteiger partial charge is 0.269 e. The van der Waals surface area contributed by atoms with Gasteiger partial charge in [-0.25, -0.2) is 0 Å². The monoisotopic (exact) mass is 261 g/mol. The Morgan fingerprint density at radius 2 is 2.05 bits per heavy atom. The molecule has 0 amide bonds. The standard InChI is InChI=1S/C13H15N3O3/c1-10(7-14)8-15(2)9-13(17)11-3-5-12(6-4-11)16(18)19/h3-6,10H,8-9H2,1-2H3. The average molecular weight is 261 g/mol. The van der Waals surface area contributed by atoms with Crippen molar-refractivity contribution in [3.05, 3.63) is 39.9 Å². The second kappa shape index (κ2) is 6.61. The van der Waals surface area contributed by atoms with Crippen molar-refractivity contribution in [1.82, 2.24) is 4.90 Å². The van der Waals surface area contributed by atoms with Gasteiger partial charge in [0.05, 0.1) is 23.5 Å². The van der Waals surface area contributed by atoms with Gasteiger partial charge < -0.3 is 0 Å². The molecular weight excluding hydrogens is 246 g/mol. The maximum absolute atomic E-state index is 11.9. The zero-order chi connectivity index (χ0) is 14.4. The average Bonchev–Trinajstić information content (AvgIpc) is 2.38. The Kier molecular flexibility index (Phi) is 5.15. The maximum atomic E-state index is 11.9. The van der Waals surface area contributed by atoms with Crippen molar-refractivity contribution in [3.63, 3.8) is 0 Å². The number of nitriles is 1. The summed E-state index contributed by atoms with van der Waals surface area (Å²) in [4.78, 5) is 23.7. The molecule has 1 aromatic carbocycles. The van der Waals surface area contributed by atoms with Gasteiger partial charge in [0.25, 0.3) is 5.69 Å². The van der Waals surface area contributed by atoms with Gasteiger partial charge in [-0.1, -0.05) is 0 Å². The van der Waals surface area contributed by atoms with E-state index in [-0.39, 0.29) is 23.9 Å². The van der Waals surface area contributed by atoms with Crippen molar-refractivity contribution in [3.8, 4) is 6.07 Å². The quantitative estimate of drug-likeness (QED) is 0.443. The number of non-ortho nitro benzene ring substituents is 1. The van der Waals surface area contributed by atoms with E-state index in [1.807, 2.05) is 0 Å². The summed E-state index contributed by atoms with van der Waals surface area (Å²) in [6, 6.07) is 7.62. The van der Waals surface area contributed by atoms with E-state index >= 15 is 0 Å². The lowest BCUT2D eigenvalue weighted by Gasteiger charge is -2.16. The molecule has 6 heteroatoms. The van der Waals surface area contributed by atoms with Crippen LogP contribution >= 0.6 is 0 Å². The highest BCUT2D eigenvalue weighted by Gasteiger charge is 2.13. The molecule has 0 saturated heterocycles. The molecule has 0 bridgehead atoms. The van der Waals surface area contributed by atoms with Crippen molar-refractivity contribution in [2.24, 2.45) is 5.92 Å². The molecule has 19 heavy (non-hydrogen) atoms. The number of hydrogen-bond acceptors (Lipinski definition) is 5. The Balaban J connectivity index is 2.63. The molecule has 0 spiro atoms. The number of nitrogens with zero attached hydrogens (tertiary/aromatic N) is 3. The molecule has 0 radical (unpaired) electrons. The topological polar surface area (TPSA) is 87.2 Å². The summed E-state index contributed by atoms with van der Waals surface area (Å²) in [5.41, 5.74) is 0.394. The fourth-order valence-corrected chi connectivity index (χ4v) is 1.68. The van der Waals surface area contributed by atoms with Gasteiger partial charge in [-0.05, 0) is 26.1 Å². The van der Waals surface area contributed by atoms with Crippen LogP contribution in [0.1, 0.15) is 17.3 Å². The molecule has 1 atom stereocenters. The molecule has 0 aliphatic carbocycles. The SMILES string of the molecule is CC(C#N)CN(C)CC(=O)c1ccc([N+](=O)[O-])cc1. The second-order valence-electron chi connectivity index (χ2n) is 4.45. The molecule has 0 saturated carbocycles. The molecule has 6 nitrogen and oxygen atoms in total. The number of nitro benzene ring substituents is 1. The summed E-state index contributed by atoms with van der Waals surface area (Å²) in [7, 11) is 1.76. The Bertz CT molecular complexity index is 505. The van der Waals surface area contributed by atoms with Crippen LogP contribution in [0.2, 0.25) is 0 Å². The lowest BCUT2D eigenvalue weighted by atomic mass is 10.1. The normalized spacial score (nSPS) is 11.9. The van der Waals surface area contributed by atoms with Gasteiger partial charge in [0.2, 0.25) is 0 Å². The van der Waals surface area contributed by atoms with E-state index in [4.69, 9.17) is 5.26 Å². The lowest BCUT2D eigenvalue weighted by molar-refractivity contribution is -0.384. The highest BCUT2D eigenvalue weighted by molar-refractivity contribution is 5.97. The predicted molar refractivity (Wildman–Crippen MR) is 69.7 cm³/mol. The van der Waals surface area contributed by atoms with Crippen LogP contribution in [0.4, 0.5) is 5.69 Å². The molecule has 1 aromatic rings. The van der Waals surface area contributed by atoms with Gasteiger partial charge in [0, 0.05) is 24.2 Å². The number of nitro groups is 1. The fourth-order valence-electron chi connectivity index (χ4n) is 1.68. The summed E-state index contributed by atoms with van der Waals surface area (Å²) in [6.45, 7) is 2.48. The number of likely N-dealkylation sites (N-methyl/N-ethyl adjacent to an activating group) is 1. The van der Waals surface area contributed by atoms with Crippen LogP contribution in [0.5, 0.6) is 0 Å². The first kappa shape index (κ1) is 14.8. The minimum atomic E-state index is -0.505. The molecule has 100 valence electrons.